The number of aromatic nitrogens is 3. The van der Waals surface area contributed by atoms with Crippen molar-refractivity contribution >= 4 is 96.7 Å². The van der Waals surface area contributed by atoms with Crippen LogP contribution >= 0.6 is 0 Å². The van der Waals surface area contributed by atoms with E-state index in [1.165, 1.54) is 18.2 Å². The van der Waals surface area contributed by atoms with E-state index in [0.717, 1.165) is 23.6 Å². The molecule has 0 radical (unpaired) electrons. The van der Waals surface area contributed by atoms with Gasteiger partial charge in [0.1, 0.15) is 20.4 Å². The first-order chi connectivity index (χ1) is 25.8. The van der Waals surface area contributed by atoms with Gasteiger partial charge in [0.2, 0.25) is 11.9 Å². The van der Waals surface area contributed by atoms with Crippen LogP contribution < -0.4 is 27.8 Å². The summed E-state index contributed by atoms with van der Waals surface area (Å²) in [4.78, 5) is 19.5. The number of benzene rings is 5. The highest BCUT2D eigenvalue weighted by Gasteiger charge is 2.25. The zero-order valence-corrected chi connectivity index (χ0v) is 31.7. The molecule has 296 valence electrons. The van der Waals surface area contributed by atoms with Crippen LogP contribution in [0.25, 0.3) is 21.5 Å². The van der Waals surface area contributed by atoms with E-state index in [2.05, 4.69) is 25.6 Å². The Balaban J connectivity index is 0.000000332. The molecule has 6 rings (SSSR count). The van der Waals surface area contributed by atoms with Crippen molar-refractivity contribution in [3.63, 3.8) is 0 Å². The third kappa shape index (κ3) is 8.79. The van der Waals surface area contributed by atoms with Crippen LogP contribution in [-0.4, -0.2) is 71.9 Å². The zero-order valence-electron chi connectivity index (χ0n) is 28.4. The van der Waals surface area contributed by atoms with Crippen molar-refractivity contribution in [2.24, 2.45) is 0 Å². The predicted molar refractivity (Wildman–Crippen MR) is 203 cm³/mol. The van der Waals surface area contributed by atoms with Gasteiger partial charge in [-0.3, -0.25) is 23.2 Å². The molecule has 0 saturated heterocycles. The van der Waals surface area contributed by atoms with Crippen LogP contribution in [0.3, 0.4) is 0 Å². The Morgan fingerprint density at radius 1 is 0.661 bits per heavy atom. The zero-order chi connectivity index (χ0) is 41.7. The molecule has 0 aliphatic carbocycles. The van der Waals surface area contributed by atoms with Crippen molar-refractivity contribution in [3.05, 3.63) is 88.3 Å². The summed E-state index contributed by atoms with van der Waals surface area (Å²) in [5, 5.41) is 16.2. The number of aromatic amines is 1. The molecule has 0 saturated carbocycles. The number of aromatic hydroxyl groups is 1. The number of aryl methyl sites for hydroxylation is 2. The first-order valence-electron chi connectivity index (χ1n) is 15.2. The van der Waals surface area contributed by atoms with Gasteiger partial charge in [0.15, 0.2) is 0 Å². The first kappa shape index (κ1) is 41.2. The van der Waals surface area contributed by atoms with Crippen molar-refractivity contribution in [1.29, 1.82) is 0 Å². The molecule has 12 N–H and O–H groups in total. The highest BCUT2D eigenvalue weighted by Crippen LogP contribution is 2.42. The van der Waals surface area contributed by atoms with Crippen molar-refractivity contribution in [2.45, 2.75) is 33.4 Å². The fraction of sp³-hybridized carbons (Fsp3) is 0.0645. The molecule has 1 aromatic heterocycles. The molecule has 0 aliphatic heterocycles. The summed E-state index contributed by atoms with van der Waals surface area (Å²) >= 11 is 0. The topological polar surface area (TPSA) is 372 Å². The quantitative estimate of drug-likeness (QED) is 0.0597. The van der Waals surface area contributed by atoms with Crippen LogP contribution in [0.5, 0.6) is 5.75 Å². The van der Waals surface area contributed by atoms with Crippen molar-refractivity contribution in [2.75, 3.05) is 22.1 Å². The van der Waals surface area contributed by atoms with Gasteiger partial charge in [-0.05, 0) is 72.1 Å². The minimum atomic E-state index is -4.98. The van der Waals surface area contributed by atoms with E-state index >= 15 is 0 Å². The van der Waals surface area contributed by atoms with Crippen LogP contribution in [-0.2, 0) is 40.5 Å². The third-order valence-corrected chi connectivity index (χ3v) is 11.5. The molecule has 0 fully saturated rings. The fourth-order valence-electron chi connectivity index (χ4n) is 5.34. The van der Waals surface area contributed by atoms with E-state index in [1.807, 2.05) is 0 Å². The van der Waals surface area contributed by atoms with Gasteiger partial charge in [0, 0.05) is 10.8 Å². The molecule has 21 nitrogen and oxygen atoms in total. The Morgan fingerprint density at radius 2 is 1.29 bits per heavy atom. The Kier molecular flexibility index (Phi) is 10.8. The van der Waals surface area contributed by atoms with E-state index in [4.69, 9.17) is 16.0 Å². The minimum absolute atomic E-state index is 0.0520. The Labute approximate surface area is 317 Å². The van der Waals surface area contributed by atoms with Gasteiger partial charge >= 0.3 is 5.69 Å². The van der Waals surface area contributed by atoms with E-state index in [-0.39, 0.29) is 32.7 Å². The molecule has 0 aliphatic rings. The monoisotopic (exact) mass is 851 g/mol. The molecule has 25 heteroatoms. The van der Waals surface area contributed by atoms with Crippen LogP contribution in [0.1, 0.15) is 11.1 Å². The van der Waals surface area contributed by atoms with E-state index < -0.39 is 84.2 Å². The number of hydrogen-bond donors (Lipinski definition) is 10. The van der Waals surface area contributed by atoms with E-state index in [9.17, 15) is 57.2 Å². The summed E-state index contributed by atoms with van der Waals surface area (Å²) in [6.07, 6.45) is 0. The van der Waals surface area contributed by atoms with Gasteiger partial charge < -0.3 is 27.2 Å². The number of anilines is 6. The summed E-state index contributed by atoms with van der Waals surface area (Å²) in [6.45, 7) is 3.25. The molecular formula is C31H29N7O14S4. The number of phenols is 1. The molecule has 1 heterocycles. The summed E-state index contributed by atoms with van der Waals surface area (Å²) in [5.74, 6) is -1.87. The fourth-order valence-corrected chi connectivity index (χ4v) is 8.08. The maximum atomic E-state index is 12.3. The second kappa shape index (κ2) is 14.6. The average molecular weight is 852 g/mol. The molecule has 0 amide bonds. The number of H-pyrrole nitrogens is 1. The number of rotatable bonds is 8. The predicted octanol–water partition coefficient (Wildman–Crippen LogP) is 3.12. The molecule has 0 unspecified atom stereocenters. The average Bonchev–Trinajstić information content (AvgIpc) is 3.05. The van der Waals surface area contributed by atoms with Gasteiger partial charge in [0.05, 0.1) is 27.6 Å². The molecular weight excluding hydrogens is 823 g/mol. The SMILES string of the molecule is Cc1cc(Nc2nc(Nc3cc(S(=O)(=O)O)cc4cc(S(=O)(=O)O)c(N)c(O)c34)[nH]c(=O)n2)c(S(=O)(=O)O)cc1C.Nc1ccc2ccccc2c1S(=O)(=O)O. The van der Waals surface area contributed by atoms with Gasteiger partial charge in [-0.1, -0.05) is 30.3 Å². The number of nitrogen functional groups attached to an aromatic ring is 2. The molecule has 5 aromatic carbocycles. The van der Waals surface area contributed by atoms with Gasteiger partial charge in [-0.15, -0.1) is 0 Å². The molecule has 0 bridgehead atoms. The summed E-state index contributed by atoms with van der Waals surface area (Å²) in [6, 6.07) is 14.9. The van der Waals surface area contributed by atoms with Crippen LogP contribution in [0, 0.1) is 13.8 Å². The Morgan fingerprint density at radius 3 is 1.89 bits per heavy atom. The lowest BCUT2D eigenvalue weighted by atomic mass is 10.1. The molecule has 56 heavy (non-hydrogen) atoms. The van der Waals surface area contributed by atoms with E-state index in [0.29, 0.717) is 16.5 Å². The van der Waals surface area contributed by atoms with E-state index in [1.54, 1.807) is 44.2 Å². The van der Waals surface area contributed by atoms with Crippen LogP contribution in [0.2, 0.25) is 0 Å². The van der Waals surface area contributed by atoms with Crippen LogP contribution in [0.15, 0.2) is 91.1 Å². The second-order valence-electron chi connectivity index (χ2n) is 11.8. The highest BCUT2D eigenvalue weighted by molar-refractivity contribution is 7.86. The largest absolute Gasteiger partial charge is 0.505 e. The lowest BCUT2D eigenvalue weighted by molar-refractivity contribution is 0.473. The number of hydrogen-bond acceptors (Lipinski definition) is 16. The Hall–Kier alpha value is -5.93. The maximum absolute atomic E-state index is 12.3. The number of phenolic OH excluding ortho intramolecular Hbond substituents is 1. The van der Waals surface area contributed by atoms with Gasteiger partial charge in [0.25, 0.3) is 40.5 Å². The smallest absolute Gasteiger partial charge is 0.351 e. The normalized spacial score (nSPS) is 12.2. The summed E-state index contributed by atoms with van der Waals surface area (Å²) in [7, 11) is -18.9. The molecule has 0 spiro atoms. The lowest BCUT2D eigenvalue weighted by Gasteiger charge is -2.16. The van der Waals surface area contributed by atoms with Gasteiger partial charge in [-0.25, -0.2) is 4.79 Å². The summed E-state index contributed by atoms with van der Waals surface area (Å²) < 4.78 is 131. The number of nitrogens with one attached hydrogen (secondary N) is 3. The third-order valence-electron chi connectivity index (χ3n) is 7.95. The second-order valence-corrected chi connectivity index (χ2v) is 17.4. The number of nitrogens with zero attached hydrogens (tertiary/aromatic N) is 2. The molecule has 6 aromatic rings. The van der Waals surface area contributed by atoms with Crippen molar-refractivity contribution < 1.29 is 57.0 Å². The van der Waals surface area contributed by atoms with Crippen molar-refractivity contribution in [3.8, 4) is 5.75 Å². The van der Waals surface area contributed by atoms with Crippen molar-refractivity contribution in [1.82, 2.24) is 15.0 Å². The minimum Gasteiger partial charge on any atom is -0.505 e. The lowest BCUT2D eigenvalue weighted by Crippen LogP contribution is -2.17. The number of fused-ring (bicyclic) bond motifs is 2. The number of nitrogens with two attached hydrogens (primary N) is 2. The highest BCUT2D eigenvalue weighted by atomic mass is 32.2. The molecule has 0 atom stereocenters. The maximum Gasteiger partial charge on any atom is 0.351 e. The van der Waals surface area contributed by atoms with Gasteiger partial charge in [-0.2, -0.15) is 43.6 Å². The first-order valence-corrected chi connectivity index (χ1v) is 20.9. The Bertz CT molecular complexity index is 3120. The van der Waals surface area contributed by atoms with Crippen LogP contribution in [0.4, 0.5) is 34.6 Å². The standard InChI is InChI=1S/C21H20N6O11S3.C10H9NO3S/c1-8-3-12(14(4-9(8)2)40(33,34)35)23-19-25-20(27-21(29)26-19)24-13-7-11(39(30,31)32)5-10-6-15(41(36,37)38)17(22)18(28)16(10)13;11-9-6-5-7-3-1-2-4-8(7)10(9)15(12,13)14/h3-7,28H,22H2,1-2H3,(H,30,31,32)(H,33,34,35)(H,36,37,38)(H3,23,24,25,26,27,29);1-6H,11H2,(H,12,13,14). The summed E-state index contributed by atoms with van der Waals surface area (Å²) in [5.41, 5.74) is 10.00.